The standard InChI is InChI=1S/C15H20N2OS/c1-4-14-17-13(10-19-14)9-18-15-11(2)6-5-7-12(15)8-16-3/h5-7,10,16H,4,8-9H2,1-3H3. The number of hydrogen-bond donors (Lipinski definition) is 1. The molecule has 1 N–H and O–H groups in total. The molecule has 0 amide bonds. The minimum Gasteiger partial charge on any atom is -0.487 e. The monoisotopic (exact) mass is 276 g/mol. The van der Waals surface area contributed by atoms with E-state index >= 15 is 0 Å². The van der Waals surface area contributed by atoms with E-state index in [1.165, 1.54) is 16.1 Å². The fourth-order valence-corrected chi connectivity index (χ4v) is 2.70. The quantitative estimate of drug-likeness (QED) is 0.879. The van der Waals surface area contributed by atoms with Crippen LogP contribution in [0.25, 0.3) is 0 Å². The normalized spacial score (nSPS) is 10.7. The van der Waals surface area contributed by atoms with Gasteiger partial charge in [-0.15, -0.1) is 11.3 Å². The van der Waals surface area contributed by atoms with E-state index in [1.807, 2.05) is 7.05 Å². The van der Waals surface area contributed by atoms with Gasteiger partial charge in [0, 0.05) is 17.5 Å². The molecule has 1 heterocycles. The van der Waals surface area contributed by atoms with Crippen LogP contribution in [-0.4, -0.2) is 12.0 Å². The van der Waals surface area contributed by atoms with Crippen molar-refractivity contribution in [3.63, 3.8) is 0 Å². The van der Waals surface area contributed by atoms with E-state index in [4.69, 9.17) is 4.74 Å². The van der Waals surface area contributed by atoms with Crippen LogP contribution in [0.3, 0.4) is 0 Å². The molecule has 1 aromatic heterocycles. The molecule has 2 rings (SSSR count). The van der Waals surface area contributed by atoms with E-state index in [2.05, 4.69) is 47.7 Å². The number of para-hydroxylation sites is 1. The minimum absolute atomic E-state index is 0.540. The van der Waals surface area contributed by atoms with Crippen molar-refractivity contribution in [1.82, 2.24) is 10.3 Å². The highest BCUT2D eigenvalue weighted by molar-refractivity contribution is 7.09. The molecule has 2 aromatic rings. The van der Waals surface area contributed by atoms with E-state index in [0.717, 1.165) is 24.4 Å². The summed E-state index contributed by atoms with van der Waals surface area (Å²) in [7, 11) is 1.94. The minimum atomic E-state index is 0.540. The van der Waals surface area contributed by atoms with Gasteiger partial charge in [0.15, 0.2) is 0 Å². The van der Waals surface area contributed by atoms with Crippen molar-refractivity contribution in [2.24, 2.45) is 0 Å². The zero-order chi connectivity index (χ0) is 13.7. The zero-order valence-electron chi connectivity index (χ0n) is 11.7. The Bertz CT molecular complexity index is 537. The van der Waals surface area contributed by atoms with Gasteiger partial charge in [0.05, 0.1) is 10.7 Å². The van der Waals surface area contributed by atoms with Crippen LogP contribution >= 0.6 is 11.3 Å². The first-order chi connectivity index (χ1) is 9.24. The predicted molar refractivity (Wildman–Crippen MR) is 79.8 cm³/mol. The molecule has 0 spiro atoms. The number of hydrogen-bond acceptors (Lipinski definition) is 4. The first kappa shape index (κ1) is 14.0. The van der Waals surface area contributed by atoms with Crippen LogP contribution in [0, 0.1) is 6.92 Å². The van der Waals surface area contributed by atoms with Crippen LogP contribution in [0.2, 0.25) is 0 Å². The Labute approximate surface area is 118 Å². The summed E-state index contributed by atoms with van der Waals surface area (Å²) in [4.78, 5) is 4.53. The van der Waals surface area contributed by atoms with Gasteiger partial charge in [-0.1, -0.05) is 25.1 Å². The molecule has 0 unspecified atom stereocenters. The Morgan fingerprint density at radius 3 is 2.89 bits per heavy atom. The topological polar surface area (TPSA) is 34.1 Å². The lowest BCUT2D eigenvalue weighted by Gasteiger charge is -2.13. The maximum atomic E-state index is 5.97. The molecule has 0 radical (unpaired) electrons. The lowest BCUT2D eigenvalue weighted by molar-refractivity contribution is 0.296. The van der Waals surface area contributed by atoms with Gasteiger partial charge in [-0.2, -0.15) is 0 Å². The Hall–Kier alpha value is -1.39. The van der Waals surface area contributed by atoms with Gasteiger partial charge in [0.1, 0.15) is 12.4 Å². The molecule has 0 saturated heterocycles. The maximum absolute atomic E-state index is 5.97. The third-order valence-corrected chi connectivity index (χ3v) is 3.97. The molecular formula is C15H20N2OS. The second-order valence-electron chi connectivity index (χ2n) is 4.47. The van der Waals surface area contributed by atoms with E-state index in [9.17, 15) is 0 Å². The van der Waals surface area contributed by atoms with Crippen molar-refractivity contribution in [3.8, 4) is 5.75 Å². The first-order valence-electron chi connectivity index (χ1n) is 6.53. The summed E-state index contributed by atoms with van der Waals surface area (Å²) in [6.07, 6.45) is 0.986. The van der Waals surface area contributed by atoms with Crippen LogP contribution in [0.4, 0.5) is 0 Å². The van der Waals surface area contributed by atoms with Crippen molar-refractivity contribution in [2.75, 3.05) is 7.05 Å². The molecule has 0 aliphatic rings. The fraction of sp³-hybridized carbons (Fsp3) is 0.400. The number of rotatable bonds is 6. The summed E-state index contributed by atoms with van der Waals surface area (Å²) in [6, 6.07) is 6.23. The summed E-state index contributed by atoms with van der Waals surface area (Å²) >= 11 is 1.70. The molecule has 4 heteroatoms. The number of aromatic nitrogens is 1. The average Bonchev–Trinajstić information content (AvgIpc) is 2.86. The molecule has 0 atom stereocenters. The van der Waals surface area contributed by atoms with E-state index in [0.29, 0.717) is 6.61 Å². The van der Waals surface area contributed by atoms with Crippen molar-refractivity contribution in [2.45, 2.75) is 33.4 Å². The third-order valence-electron chi connectivity index (χ3n) is 2.93. The predicted octanol–water partition coefficient (Wildman–Crippen LogP) is 3.31. The van der Waals surface area contributed by atoms with Crippen molar-refractivity contribution >= 4 is 11.3 Å². The lowest BCUT2D eigenvalue weighted by atomic mass is 10.1. The van der Waals surface area contributed by atoms with Gasteiger partial charge < -0.3 is 10.1 Å². The SMILES string of the molecule is CCc1nc(COc2c(C)cccc2CNC)cs1. The fourth-order valence-electron chi connectivity index (χ4n) is 1.97. The Kier molecular flexibility index (Phi) is 4.93. The Balaban J connectivity index is 2.09. The van der Waals surface area contributed by atoms with Gasteiger partial charge in [-0.25, -0.2) is 4.98 Å². The highest BCUT2D eigenvalue weighted by Gasteiger charge is 2.08. The summed E-state index contributed by atoms with van der Waals surface area (Å²) in [5.41, 5.74) is 3.37. The third kappa shape index (κ3) is 3.55. The largest absolute Gasteiger partial charge is 0.487 e. The number of nitrogens with one attached hydrogen (secondary N) is 1. The highest BCUT2D eigenvalue weighted by Crippen LogP contribution is 2.24. The van der Waals surface area contributed by atoms with Gasteiger partial charge in [0.2, 0.25) is 0 Å². The van der Waals surface area contributed by atoms with Crippen molar-refractivity contribution in [1.29, 1.82) is 0 Å². The first-order valence-corrected chi connectivity index (χ1v) is 7.41. The smallest absolute Gasteiger partial charge is 0.131 e. The van der Waals surface area contributed by atoms with Crippen molar-refractivity contribution in [3.05, 3.63) is 45.4 Å². The Morgan fingerprint density at radius 2 is 2.21 bits per heavy atom. The molecule has 0 aliphatic carbocycles. The van der Waals surface area contributed by atoms with Crippen molar-refractivity contribution < 1.29 is 4.74 Å². The summed E-state index contributed by atoms with van der Waals surface area (Å²) in [5, 5.41) is 6.41. The molecule has 0 fully saturated rings. The van der Waals surface area contributed by atoms with E-state index < -0.39 is 0 Å². The number of nitrogens with zero attached hydrogens (tertiary/aromatic N) is 1. The molecule has 0 aliphatic heterocycles. The van der Waals surface area contributed by atoms with E-state index in [1.54, 1.807) is 11.3 Å². The molecule has 1 aromatic carbocycles. The van der Waals surface area contributed by atoms with Gasteiger partial charge in [-0.05, 0) is 26.0 Å². The maximum Gasteiger partial charge on any atom is 0.131 e. The molecule has 0 saturated carbocycles. The molecule has 3 nitrogen and oxygen atoms in total. The van der Waals surface area contributed by atoms with E-state index in [-0.39, 0.29) is 0 Å². The highest BCUT2D eigenvalue weighted by atomic mass is 32.1. The van der Waals surface area contributed by atoms with Crippen LogP contribution in [-0.2, 0) is 19.6 Å². The van der Waals surface area contributed by atoms with Crippen LogP contribution < -0.4 is 10.1 Å². The van der Waals surface area contributed by atoms with Gasteiger partial charge >= 0.3 is 0 Å². The number of ether oxygens (including phenoxy) is 1. The van der Waals surface area contributed by atoms with Gasteiger partial charge in [0.25, 0.3) is 0 Å². The van der Waals surface area contributed by atoms with Crippen LogP contribution in [0.1, 0.15) is 28.8 Å². The summed E-state index contributed by atoms with van der Waals surface area (Å²) < 4.78 is 5.97. The zero-order valence-corrected chi connectivity index (χ0v) is 12.5. The summed E-state index contributed by atoms with van der Waals surface area (Å²) in [6.45, 7) is 5.55. The Morgan fingerprint density at radius 1 is 1.37 bits per heavy atom. The molecule has 102 valence electrons. The van der Waals surface area contributed by atoms with Gasteiger partial charge in [-0.3, -0.25) is 0 Å². The molecule has 0 bridgehead atoms. The van der Waals surface area contributed by atoms with Crippen LogP contribution in [0.5, 0.6) is 5.75 Å². The number of benzene rings is 1. The lowest BCUT2D eigenvalue weighted by Crippen LogP contribution is -2.08. The second kappa shape index (κ2) is 6.68. The number of aryl methyl sites for hydroxylation is 2. The molecule has 19 heavy (non-hydrogen) atoms. The number of thiazole rings is 1. The molecular weight excluding hydrogens is 256 g/mol. The second-order valence-corrected chi connectivity index (χ2v) is 5.41. The van der Waals surface area contributed by atoms with Crippen LogP contribution in [0.15, 0.2) is 23.6 Å². The average molecular weight is 276 g/mol. The summed E-state index contributed by atoms with van der Waals surface area (Å²) in [5.74, 6) is 0.975.